The van der Waals surface area contributed by atoms with Crippen LogP contribution in [0, 0.1) is 0 Å². The average molecular weight is 482 g/mol. The minimum atomic E-state index is -1.18. The van der Waals surface area contributed by atoms with Crippen molar-refractivity contribution in [3.8, 4) is 5.75 Å². The largest absolute Gasteiger partial charge is 0.508 e. The second-order valence-electron chi connectivity index (χ2n) is 7.89. The zero-order valence-corrected chi connectivity index (χ0v) is 18.9. The van der Waals surface area contributed by atoms with Crippen molar-refractivity contribution >= 4 is 28.9 Å². The van der Waals surface area contributed by atoms with E-state index in [4.69, 9.17) is 9.15 Å². The number of phenolic OH excluding ortho intramolecular Hbond substituents is 1. The molecule has 2 aromatic carbocycles. The highest BCUT2D eigenvalue weighted by atomic mass is 16.5. The van der Waals surface area contributed by atoms with E-state index in [0.29, 0.717) is 30.3 Å². The zero-order chi connectivity index (χ0) is 25.2. The number of aliphatic carboxylic acids is 1. The molecule has 0 saturated heterocycles. The van der Waals surface area contributed by atoms with Crippen LogP contribution in [0.5, 0.6) is 5.75 Å². The number of ether oxygens (including phenoxy) is 1. The molecule has 1 heterocycles. The number of hydrogen-bond donors (Lipinski definition) is 4. The van der Waals surface area contributed by atoms with Crippen molar-refractivity contribution < 1.29 is 33.8 Å². The van der Waals surface area contributed by atoms with Crippen LogP contribution in [0.3, 0.4) is 0 Å². The quantitative estimate of drug-likeness (QED) is 0.240. The van der Waals surface area contributed by atoms with Crippen LogP contribution in [-0.4, -0.2) is 40.8 Å². The number of amides is 2. The fourth-order valence-corrected chi connectivity index (χ4v) is 3.48. The number of nitrogens with one attached hydrogen (secondary N) is 2. The summed E-state index contributed by atoms with van der Waals surface area (Å²) in [6.07, 6.45) is 0.296. The van der Waals surface area contributed by atoms with Gasteiger partial charge in [0.2, 0.25) is 5.91 Å². The van der Waals surface area contributed by atoms with E-state index in [9.17, 15) is 29.4 Å². The van der Waals surface area contributed by atoms with Crippen LogP contribution in [0.4, 0.5) is 4.79 Å². The van der Waals surface area contributed by atoms with Gasteiger partial charge in [-0.15, -0.1) is 0 Å². The molecular formula is C25H26N2O8. The molecule has 0 fully saturated rings. The number of carboxylic acid groups (broad SMARTS) is 1. The number of benzene rings is 2. The Kier molecular flexibility index (Phi) is 8.82. The number of fused-ring (bicyclic) bond motifs is 1. The number of phenols is 1. The van der Waals surface area contributed by atoms with Crippen LogP contribution in [0.15, 0.2) is 63.8 Å². The molecule has 3 aromatic rings. The number of aromatic hydroxyl groups is 1. The summed E-state index contributed by atoms with van der Waals surface area (Å²) in [6, 6.07) is 13.5. The fraction of sp³-hybridized carbons (Fsp3) is 0.280. The monoisotopic (exact) mass is 482 g/mol. The van der Waals surface area contributed by atoms with Crippen molar-refractivity contribution in [3.05, 3.63) is 76.1 Å². The summed E-state index contributed by atoms with van der Waals surface area (Å²) in [5, 5.41) is 24.6. The van der Waals surface area contributed by atoms with Crippen LogP contribution in [0.25, 0.3) is 11.0 Å². The van der Waals surface area contributed by atoms with Gasteiger partial charge in [0.1, 0.15) is 24.0 Å². The molecule has 2 amide bonds. The van der Waals surface area contributed by atoms with Crippen molar-refractivity contribution in [2.24, 2.45) is 0 Å². The van der Waals surface area contributed by atoms with E-state index in [0.717, 1.165) is 11.6 Å². The molecule has 0 unspecified atom stereocenters. The van der Waals surface area contributed by atoms with Gasteiger partial charge in [0.15, 0.2) is 0 Å². The summed E-state index contributed by atoms with van der Waals surface area (Å²) in [7, 11) is 0. The Bertz CT molecular complexity index is 1240. The van der Waals surface area contributed by atoms with Gasteiger partial charge in [-0.2, -0.15) is 0 Å². The number of rotatable bonds is 11. The predicted octanol–water partition coefficient (Wildman–Crippen LogP) is 2.71. The highest BCUT2D eigenvalue weighted by Crippen LogP contribution is 2.22. The second kappa shape index (κ2) is 12.2. The smallest absolute Gasteiger partial charge is 0.407 e. The highest BCUT2D eigenvalue weighted by Gasteiger charge is 2.20. The molecule has 4 N–H and O–H groups in total. The fourth-order valence-electron chi connectivity index (χ4n) is 3.48. The van der Waals surface area contributed by atoms with Crippen LogP contribution < -0.4 is 16.3 Å². The third-order valence-corrected chi connectivity index (χ3v) is 5.20. The van der Waals surface area contributed by atoms with Crippen LogP contribution in [-0.2, 0) is 27.4 Å². The minimum Gasteiger partial charge on any atom is -0.508 e. The van der Waals surface area contributed by atoms with E-state index >= 15 is 0 Å². The predicted molar refractivity (Wildman–Crippen MR) is 126 cm³/mol. The number of carboxylic acids is 1. The lowest BCUT2D eigenvalue weighted by Gasteiger charge is -2.15. The van der Waals surface area contributed by atoms with E-state index in [1.807, 2.05) is 30.3 Å². The summed E-state index contributed by atoms with van der Waals surface area (Å²) in [5.41, 5.74) is 0.668. The maximum atomic E-state index is 12.5. The van der Waals surface area contributed by atoms with E-state index < -0.39 is 29.6 Å². The molecule has 0 bridgehead atoms. The Morgan fingerprint density at radius 2 is 1.80 bits per heavy atom. The molecule has 35 heavy (non-hydrogen) atoms. The van der Waals surface area contributed by atoms with Gasteiger partial charge in [0, 0.05) is 24.1 Å². The molecule has 0 spiro atoms. The number of hydrogen-bond acceptors (Lipinski definition) is 7. The topological polar surface area (TPSA) is 155 Å². The van der Waals surface area contributed by atoms with Gasteiger partial charge in [0.05, 0.1) is 6.42 Å². The molecule has 0 radical (unpaired) electrons. The van der Waals surface area contributed by atoms with Crippen LogP contribution in [0.2, 0.25) is 0 Å². The molecule has 10 nitrogen and oxygen atoms in total. The normalized spacial score (nSPS) is 11.5. The van der Waals surface area contributed by atoms with E-state index in [-0.39, 0.29) is 30.8 Å². The van der Waals surface area contributed by atoms with Gasteiger partial charge in [-0.05, 0) is 42.5 Å². The Morgan fingerprint density at radius 3 is 2.54 bits per heavy atom. The van der Waals surface area contributed by atoms with Gasteiger partial charge >= 0.3 is 17.7 Å². The molecule has 3 rings (SSSR count). The first-order valence-corrected chi connectivity index (χ1v) is 11.0. The zero-order valence-electron chi connectivity index (χ0n) is 18.9. The molecule has 0 aliphatic heterocycles. The number of carbonyl (C=O) groups excluding carboxylic acids is 2. The third-order valence-electron chi connectivity index (χ3n) is 5.20. The van der Waals surface area contributed by atoms with Crippen molar-refractivity contribution in [2.75, 3.05) is 6.54 Å². The first-order valence-electron chi connectivity index (χ1n) is 11.0. The second-order valence-corrected chi connectivity index (χ2v) is 7.89. The average Bonchev–Trinajstić information content (AvgIpc) is 2.81. The summed E-state index contributed by atoms with van der Waals surface area (Å²) in [4.78, 5) is 47.6. The molecule has 0 saturated carbocycles. The maximum absolute atomic E-state index is 12.5. The lowest BCUT2D eigenvalue weighted by molar-refractivity contribution is -0.142. The van der Waals surface area contributed by atoms with Crippen molar-refractivity contribution in [2.45, 2.75) is 38.3 Å². The summed E-state index contributed by atoms with van der Waals surface area (Å²) >= 11 is 0. The third kappa shape index (κ3) is 7.88. The summed E-state index contributed by atoms with van der Waals surface area (Å²) in [6.45, 7) is 0.451. The number of unbranched alkanes of at least 4 members (excludes halogenated alkanes) is 1. The maximum Gasteiger partial charge on any atom is 0.407 e. The van der Waals surface area contributed by atoms with Gasteiger partial charge in [-0.1, -0.05) is 30.3 Å². The standard InChI is InChI=1S/C25H26N2O8/c28-18-9-10-19-17(13-23(30)35-21(19)14-18)12-22(29)27-20(24(31)32)8-4-5-11-26-25(33)34-15-16-6-2-1-3-7-16/h1-3,6-7,9-10,13-14,20,28H,4-5,8,11-12,15H2,(H,26,33)(H,27,29)(H,31,32)/t20-/m0/s1. The Balaban J connectivity index is 1.43. The first-order chi connectivity index (χ1) is 16.8. The van der Waals surface area contributed by atoms with Crippen molar-refractivity contribution in [3.63, 3.8) is 0 Å². The molecular weight excluding hydrogens is 456 g/mol. The van der Waals surface area contributed by atoms with E-state index in [1.165, 1.54) is 18.2 Å². The lowest BCUT2D eigenvalue weighted by Crippen LogP contribution is -2.41. The first kappa shape index (κ1) is 25.3. The highest BCUT2D eigenvalue weighted by molar-refractivity contribution is 5.89. The van der Waals surface area contributed by atoms with Gasteiger partial charge in [-0.25, -0.2) is 14.4 Å². The molecule has 184 valence electrons. The van der Waals surface area contributed by atoms with Crippen LogP contribution >= 0.6 is 0 Å². The Morgan fingerprint density at radius 1 is 1.03 bits per heavy atom. The molecule has 0 aliphatic rings. The van der Waals surface area contributed by atoms with Crippen molar-refractivity contribution in [1.82, 2.24) is 10.6 Å². The number of alkyl carbamates (subject to hydrolysis) is 1. The summed E-state index contributed by atoms with van der Waals surface area (Å²) < 4.78 is 10.1. The van der Waals surface area contributed by atoms with Gasteiger partial charge < -0.3 is 30.0 Å². The molecule has 1 atom stereocenters. The van der Waals surface area contributed by atoms with Gasteiger partial charge in [0.25, 0.3) is 0 Å². The van der Waals surface area contributed by atoms with E-state index in [1.54, 1.807) is 0 Å². The molecule has 10 heteroatoms. The Hall–Kier alpha value is -4.34. The molecule has 0 aliphatic carbocycles. The van der Waals surface area contributed by atoms with Crippen LogP contribution in [0.1, 0.15) is 30.4 Å². The summed E-state index contributed by atoms with van der Waals surface area (Å²) in [5.74, 6) is -1.84. The lowest BCUT2D eigenvalue weighted by atomic mass is 10.1. The number of carbonyl (C=O) groups is 3. The van der Waals surface area contributed by atoms with Gasteiger partial charge in [-0.3, -0.25) is 4.79 Å². The SMILES string of the molecule is O=C(Cc1cc(=O)oc2cc(O)ccc12)N[C@@H](CCCCNC(=O)OCc1ccccc1)C(=O)O. The Labute approximate surface area is 200 Å². The van der Waals surface area contributed by atoms with E-state index in [2.05, 4.69) is 10.6 Å². The minimum absolute atomic E-state index is 0.0906. The van der Waals surface area contributed by atoms with Crippen molar-refractivity contribution in [1.29, 1.82) is 0 Å². The molecule has 1 aromatic heterocycles.